The van der Waals surface area contributed by atoms with Crippen molar-refractivity contribution in [1.82, 2.24) is 4.72 Å². The van der Waals surface area contributed by atoms with E-state index in [9.17, 15) is 26.4 Å². The maximum Gasteiger partial charge on any atom is 0.416 e. The first-order valence-electron chi connectivity index (χ1n) is 5.95. The summed E-state index contributed by atoms with van der Waals surface area (Å²) in [6, 6.07) is 3.93. The van der Waals surface area contributed by atoms with Gasteiger partial charge in [0.15, 0.2) is 0 Å². The number of carbonyl (C=O) groups is 1. The highest BCUT2D eigenvalue weighted by molar-refractivity contribution is 7.88. The molecule has 0 bridgehead atoms. The van der Waals surface area contributed by atoms with Gasteiger partial charge in [-0.15, -0.1) is 0 Å². The predicted molar refractivity (Wildman–Crippen MR) is 66.8 cm³/mol. The van der Waals surface area contributed by atoms with E-state index in [1.165, 1.54) is 6.07 Å². The quantitative estimate of drug-likeness (QED) is 0.864. The van der Waals surface area contributed by atoms with E-state index in [0.29, 0.717) is 0 Å². The number of rotatable bonds is 5. The Morgan fingerprint density at radius 3 is 2.43 bits per heavy atom. The van der Waals surface area contributed by atoms with Crippen LogP contribution in [-0.4, -0.2) is 25.0 Å². The van der Waals surface area contributed by atoms with Gasteiger partial charge in [-0.3, -0.25) is 4.79 Å². The van der Waals surface area contributed by atoms with Crippen LogP contribution in [0.25, 0.3) is 0 Å². The maximum atomic E-state index is 12.5. The van der Waals surface area contributed by atoms with Crippen LogP contribution in [0.4, 0.5) is 13.2 Å². The standard InChI is InChI=1S/C12H12F3NO4S/c13-12(14,15)9-3-1-2-8(6-9)7-21(19,20)16-11(4-5-11)10(17)18/h1-3,6,16H,4-5,7H2,(H,17,18). The Hall–Kier alpha value is -1.61. The number of alkyl halides is 3. The number of halogens is 3. The monoisotopic (exact) mass is 323 g/mol. The van der Waals surface area contributed by atoms with Gasteiger partial charge in [-0.05, 0) is 24.5 Å². The molecule has 0 aliphatic heterocycles. The van der Waals surface area contributed by atoms with Gasteiger partial charge in [0, 0.05) is 0 Å². The fourth-order valence-electron chi connectivity index (χ4n) is 1.88. The fraction of sp³-hybridized carbons (Fsp3) is 0.417. The average Bonchev–Trinajstić information content (AvgIpc) is 3.07. The molecule has 0 radical (unpaired) electrons. The van der Waals surface area contributed by atoms with Gasteiger partial charge in [0.25, 0.3) is 0 Å². The second-order valence-corrected chi connectivity index (χ2v) is 6.67. The van der Waals surface area contributed by atoms with Crippen molar-refractivity contribution in [3.05, 3.63) is 35.4 Å². The van der Waals surface area contributed by atoms with Crippen LogP contribution in [0, 0.1) is 0 Å². The molecule has 1 aliphatic rings. The Balaban J connectivity index is 2.16. The van der Waals surface area contributed by atoms with E-state index >= 15 is 0 Å². The molecule has 1 aromatic rings. The zero-order chi connectivity index (χ0) is 15.9. The normalized spacial score (nSPS) is 17.5. The summed E-state index contributed by atoms with van der Waals surface area (Å²) in [6.45, 7) is 0. The van der Waals surface area contributed by atoms with Crippen LogP contribution < -0.4 is 4.72 Å². The largest absolute Gasteiger partial charge is 0.480 e. The molecule has 1 aliphatic carbocycles. The fourth-order valence-corrected chi connectivity index (χ4v) is 3.45. The molecule has 9 heteroatoms. The number of nitrogens with one attached hydrogen (secondary N) is 1. The van der Waals surface area contributed by atoms with Gasteiger partial charge in [-0.25, -0.2) is 8.42 Å². The first-order valence-corrected chi connectivity index (χ1v) is 7.61. The molecule has 1 aromatic carbocycles. The van der Waals surface area contributed by atoms with Gasteiger partial charge in [-0.1, -0.05) is 18.2 Å². The summed E-state index contributed by atoms with van der Waals surface area (Å²) >= 11 is 0. The van der Waals surface area contributed by atoms with Gasteiger partial charge >= 0.3 is 12.1 Å². The lowest BCUT2D eigenvalue weighted by Crippen LogP contribution is -2.43. The van der Waals surface area contributed by atoms with Crippen molar-refractivity contribution in [3.63, 3.8) is 0 Å². The van der Waals surface area contributed by atoms with E-state index in [1.54, 1.807) is 0 Å². The molecule has 0 saturated heterocycles. The predicted octanol–water partition coefficient (Wildman–Crippen LogP) is 1.74. The number of hydrogen-bond acceptors (Lipinski definition) is 3. The third-order valence-corrected chi connectivity index (χ3v) is 4.54. The van der Waals surface area contributed by atoms with Gasteiger partial charge in [-0.2, -0.15) is 17.9 Å². The molecule has 2 rings (SSSR count). The lowest BCUT2D eigenvalue weighted by Gasteiger charge is -2.13. The van der Waals surface area contributed by atoms with Crippen molar-refractivity contribution < 1.29 is 31.5 Å². The number of hydrogen-bond donors (Lipinski definition) is 2. The Labute approximate surface area is 118 Å². The van der Waals surface area contributed by atoms with E-state index < -0.39 is 39.0 Å². The van der Waals surface area contributed by atoms with Gasteiger partial charge in [0.05, 0.1) is 11.3 Å². The van der Waals surface area contributed by atoms with Crippen LogP contribution >= 0.6 is 0 Å². The van der Waals surface area contributed by atoms with Crippen molar-refractivity contribution >= 4 is 16.0 Å². The average molecular weight is 323 g/mol. The Morgan fingerprint density at radius 2 is 1.95 bits per heavy atom. The third-order valence-electron chi connectivity index (χ3n) is 3.12. The Kier molecular flexibility index (Phi) is 3.75. The number of sulfonamides is 1. The van der Waals surface area contributed by atoms with E-state index in [1.807, 2.05) is 4.72 Å². The smallest absolute Gasteiger partial charge is 0.416 e. The van der Waals surface area contributed by atoms with Crippen molar-refractivity contribution in [2.24, 2.45) is 0 Å². The summed E-state index contributed by atoms with van der Waals surface area (Å²) in [6.07, 6.45) is -4.22. The van der Waals surface area contributed by atoms with Crippen molar-refractivity contribution in [3.8, 4) is 0 Å². The topological polar surface area (TPSA) is 83.5 Å². The molecule has 2 N–H and O–H groups in total. The van der Waals surface area contributed by atoms with Crippen LogP contribution in [0.3, 0.4) is 0 Å². The lowest BCUT2D eigenvalue weighted by atomic mass is 10.1. The second kappa shape index (κ2) is 4.99. The summed E-state index contributed by atoms with van der Waals surface area (Å²) in [7, 11) is -4.04. The molecule has 0 amide bonds. The van der Waals surface area contributed by atoms with Crippen molar-refractivity contribution in [2.45, 2.75) is 30.3 Å². The Morgan fingerprint density at radius 1 is 1.33 bits per heavy atom. The minimum absolute atomic E-state index is 0.0569. The first-order chi connectivity index (χ1) is 9.54. The van der Waals surface area contributed by atoms with Crippen LogP contribution in [0.5, 0.6) is 0 Å². The second-order valence-electron chi connectivity index (χ2n) is 4.95. The molecule has 0 unspecified atom stereocenters. The van der Waals surface area contributed by atoms with Crippen LogP contribution in [0.2, 0.25) is 0 Å². The zero-order valence-corrected chi connectivity index (χ0v) is 11.5. The summed E-state index contributed by atoms with van der Waals surface area (Å²) in [5.74, 6) is -1.98. The van der Waals surface area contributed by atoms with Crippen LogP contribution in [-0.2, 0) is 26.7 Å². The first kappa shape index (κ1) is 15.8. The minimum atomic E-state index is -4.56. The molecule has 21 heavy (non-hydrogen) atoms. The minimum Gasteiger partial charge on any atom is -0.480 e. The highest BCUT2D eigenvalue weighted by atomic mass is 32.2. The highest BCUT2D eigenvalue weighted by Gasteiger charge is 2.53. The lowest BCUT2D eigenvalue weighted by molar-refractivity contribution is -0.140. The Bertz CT molecular complexity index is 665. The van der Waals surface area contributed by atoms with Gasteiger partial charge in [0.2, 0.25) is 10.0 Å². The summed E-state index contributed by atoms with van der Waals surface area (Å²) in [4.78, 5) is 10.9. The van der Waals surface area contributed by atoms with Crippen LogP contribution in [0.1, 0.15) is 24.0 Å². The zero-order valence-electron chi connectivity index (χ0n) is 10.6. The van der Waals surface area contributed by atoms with E-state index in [-0.39, 0.29) is 18.4 Å². The maximum absolute atomic E-state index is 12.5. The molecule has 116 valence electrons. The van der Waals surface area contributed by atoms with E-state index in [2.05, 4.69) is 0 Å². The molecule has 0 aromatic heterocycles. The number of aliphatic carboxylic acids is 1. The highest BCUT2D eigenvalue weighted by Crippen LogP contribution is 2.36. The number of benzene rings is 1. The summed E-state index contributed by atoms with van der Waals surface area (Å²) < 4.78 is 63.4. The molecule has 1 saturated carbocycles. The van der Waals surface area contributed by atoms with Crippen molar-refractivity contribution in [2.75, 3.05) is 0 Å². The number of carboxylic acid groups (broad SMARTS) is 1. The summed E-state index contributed by atoms with van der Waals surface area (Å²) in [5, 5.41) is 8.91. The number of carboxylic acids is 1. The van der Waals surface area contributed by atoms with Crippen molar-refractivity contribution in [1.29, 1.82) is 0 Å². The van der Waals surface area contributed by atoms with Gasteiger partial charge in [0.1, 0.15) is 5.54 Å². The molecule has 0 heterocycles. The molecule has 0 spiro atoms. The van der Waals surface area contributed by atoms with Crippen LogP contribution in [0.15, 0.2) is 24.3 Å². The van der Waals surface area contributed by atoms with Gasteiger partial charge < -0.3 is 5.11 Å². The van der Waals surface area contributed by atoms with E-state index in [4.69, 9.17) is 5.11 Å². The third kappa shape index (κ3) is 3.73. The van der Waals surface area contributed by atoms with E-state index in [0.717, 1.165) is 18.2 Å². The SMILES string of the molecule is O=C(O)C1(NS(=O)(=O)Cc2cccc(C(F)(F)F)c2)CC1. The molecule has 5 nitrogen and oxygen atoms in total. The molecular weight excluding hydrogens is 311 g/mol. The molecule has 1 fully saturated rings. The molecule has 0 atom stereocenters. The molecular formula is C12H12F3NO4S. The summed E-state index contributed by atoms with van der Waals surface area (Å²) in [5.41, 5.74) is -2.51.